The van der Waals surface area contributed by atoms with Gasteiger partial charge in [0.2, 0.25) is 0 Å². The zero-order chi connectivity index (χ0) is 15.1. The van der Waals surface area contributed by atoms with Crippen LogP contribution in [-0.2, 0) is 22.5 Å². The van der Waals surface area contributed by atoms with Gasteiger partial charge in [-0.3, -0.25) is 4.79 Å². The number of rotatable bonds is 7. The molecule has 0 radical (unpaired) electrons. The minimum absolute atomic E-state index is 0.348. The second-order valence-electron chi connectivity index (χ2n) is 4.95. The van der Waals surface area contributed by atoms with Gasteiger partial charge in [-0.1, -0.05) is 12.1 Å². The minimum Gasteiger partial charge on any atom is -0.496 e. The predicted octanol–water partition coefficient (Wildman–Crippen LogP) is 1.19. The van der Waals surface area contributed by atoms with Gasteiger partial charge in [0.05, 0.1) is 13.7 Å². The summed E-state index contributed by atoms with van der Waals surface area (Å²) in [6.07, 6.45) is 0.462. The summed E-state index contributed by atoms with van der Waals surface area (Å²) in [5.74, 6) is 0.477. The molecule has 20 heavy (non-hydrogen) atoms. The number of carbonyl (C=O) groups excluding carboxylic acids is 1. The molecule has 1 atom stereocenters. The molecule has 0 fully saturated rings. The van der Waals surface area contributed by atoms with Crippen LogP contribution in [0.25, 0.3) is 0 Å². The van der Waals surface area contributed by atoms with Crippen molar-refractivity contribution in [2.24, 2.45) is 5.73 Å². The Morgan fingerprint density at radius 1 is 1.40 bits per heavy atom. The molecular weight excluding hydrogens is 256 g/mol. The molecule has 0 amide bonds. The quantitative estimate of drug-likeness (QED) is 0.760. The van der Waals surface area contributed by atoms with Crippen LogP contribution in [0.3, 0.4) is 0 Å². The first-order valence-electron chi connectivity index (χ1n) is 6.70. The van der Waals surface area contributed by atoms with Crippen molar-refractivity contribution in [3.05, 3.63) is 29.3 Å². The van der Waals surface area contributed by atoms with Crippen LogP contribution in [0.15, 0.2) is 18.2 Å². The average Bonchev–Trinajstić information content (AvgIpc) is 2.38. The highest BCUT2D eigenvalue weighted by Gasteiger charge is 2.16. The molecule has 0 bridgehead atoms. The summed E-state index contributed by atoms with van der Waals surface area (Å²) < 4.78 is 10.3. The third kappa shape index (κ3) is 4.83. The zero-order valence-corrected chi connectivity index (χ0v) is 12.7. The van der Waals surface area contributed by atoms with Gasteiger partial charge in [-0.15, -0.1) is 0 Å². The fourth-order valence-corrected chi connectivity index (χ4v) is 2.01. The van der Waals surface area contributed by atoms with E-state index in [1.54, 1.807) is 14.0 Å². The van der Waals surface area contributed by atoms with E-state index < -0.39 is 6.04 Å². The molecule has 0 aromatic heterocycles. The Hall–Kier alpha value is -1.59. The van der Waals surface area contributed by atoms with Gasteiger partial charge in [-0.05, 0) is 39.1 Å². The second kappa shape index (κ2) is 7.87. The fourth-order valence-electron chi connectivity index (χ4n) is 2.01. The normalized spacial score (nSPS) is 12.3. The molecule has 0 heterocycles. The van der Waals surface area contributed by atoms with Crippen LogP contribution in [0.2, 0.25) is 0 Å². The third-order valence-electron chi connectivity index (χ3n) is 2.88. The molecule has 5 heteroatoms. The molecule has 0 saturated carbocycles. The van der Waals surface area contributed by atoms with Gasteiger partial charge < -0.3 is 20.1 Å². The third-order valence-corrected chi connectivity index (χ3v) is 2.88. The van der Waals surface area contributed by atoms with Gasteiger partial charge in [0.1, 0.15) is 11.8 Å². The van der Waals surface area contributed by atoms with Crippen LogP contribution in [0.1, 0.15) is 18.1 Å². The van der Waals surface area contributed by atoms with Crippen molar-refractivity contribution < 1.29 is 14.3 Å². The smallest absolute Gasteiger partial charge is 0.323 e. The molecule has 5 nitrogen and oxygen atoms in total. The van der Waals surface area contributed by atoms with Crippen LogP contribution < -0.4 is 10.5 Å². The van der Waals surface area contributed by atoms with Gasteiger partial charge in [-0.25, -0.2) is 0 Å². The number of hydrogen-bond donors (Lipinski definition) is 1. The molecule has 112 valence electrons. The van der Waals surface area contributed by atoms with E-state index in [-0.39, 0.29) is 5.97 Å². The molecule has 0 aliphatic rings. The second-order valence-corrected chi connectivity index (χ2v) is 4.95. The van der Waals surface area contributed by atoms with Crippen LogP contribution in [0.4, 0.5) is 0 Å². The van der Waals surface area contributed by atoms with Crippen molar-refractivity contribution in [3.63, 3.8) is 0 Å². The zero-order valence-electron chi connectivity index (χ0n) is 12.7. The summed E-state index contributed by atoms with van der Waals surface area (Å²) in [4.78, 5) is 13.6. The van der Waals surface area contributed by atoms with Gasteiger partial charge >= 0.3 is 5.97 Å². The molecule has 1 aromatic carbocycles. The van der Waals surface area contributed by atoms with Gasteiger partial charge in [0, 0.05) is 12.1 Å². The van der Waals surface area contributed by atoms with Gasteiger partial charge in [-0.2, -0.15) is 0 Å². The summed E-state index contributed by atoms with van der Waals surface area (Å²) in [6, 6.07) is 5.23. The Morgan fingerprint density at radius 2 is 2.10 bits per heavy atom. The Morgan fingerprint density at radius 3 is 2.65 bits per heavy atom. The number of hydrogen-bond acceptors (Lipinski definition) is 5. The highest BCUT2D eigenvalue weighted by Crippen LogP contribution is 2.21. The van der Waals surface area contributed by atoms with E-state index in [0.717, 1.165) is 23.4 Å². The van der Waals surface area contributed by atoms with E-state index in [9.17, 15) is 4.79 Å². The number of methoxy groups -OCH3 is 1. The number of carbonyl (C=O) groups is 1. The molecule has 0 aliphatic heterocycles. The number of ether oxygens (including phenoxy) is 2. The summed E-state index contributed by atoms with van der Waals surface area (Å²) >= 11 is 0. The standard InChI is InChI=1S/C15H24N2O3/c1-5-20-15(18)13(16)9-11-6-7-14(19-4)12(8-11)10-17(2)3/h6-8,13H,5,9-10,16H2,1-4H3. The van der Waals surface area contributed by atoms with E-state index >= 15 is 0 Å². The topological polar surface area (TPSA) is 64.8 Å². The lowest BCUT2D eigenvalue weighted by Gasteiger charge is -2.16. The van der Waals surface area contributed by atoms with Gasteiger partial charge in [0.25, 0.3) is 0 Å². The number of nitrogens with two attached hydrogens (primary N) is 1. The maximum absolute atomic E-state index is 11.6. The molecular formula is C15H24N2O3. The summed E-state index contributed by atoms with van der Waals surface area (Å²) in [5, 5.41) is 0. The Balaban J connectivity index is 2.83. The molecule has 0 saturated heterocycles. The van der Waals surface area contributed by atoms with Crippen molar-refractivity contribution >= 4 is 5.97 Å². The van der Waals surface area contributed by atoms with Crippen molar-refractivity contribution in [3.8, 4) is 5.75 Å². The van der Waals surface area contributed by atoms with Crippen molar-refractivity contribution in [1.82, 2.24) is 4.90 Å². The monoisotopic (exact) mass is 280 g/mol. The van der Waals surface area contributed by atoms with Crippen LogP contribution in [-0.4, -0.2) is 44.7 Å². The van der Waals surface area contributed by atoms with Crippen molar-refractivity contribution in [1.29, 1.82) is 0 Å². The lowest BCUT2D eigenvalue weighted by atomic mass is 10.0. The molecule has 1 rings (SSSR count). The van der Waals surface area contributed by atoms with Crippen molar-refractivity contribution in [2.45, 2.75) is 25.9 Å². The molecule has 1 unspecified atom stereocenters. The van der Waals surface area contributed by atoms with Crippen molar-refractivity contribution in [2.75, 3.05) is 27.8 Å². The van der Waals surface area contributed by atoms with Crippen LogP contribution >= 0.6 is 0 Å². The minimum atomic E-state index is -0.629. The first-order valence-corrected chi connectivity index (χ1v) is 6.70. The first kappa shape index (κ1) is 16.5. The highest BCUT2D eigenvalue weighted by molar-refractivity contribution is 5.75. The number of esters is 1. The van der Waals surface area contributed by atoms with E-state index in [1.165, 1.54) is 0 Å². The maximum atomic E-state index is 11.6. The first-order chi connectivity index (χ1) is 9.47. The predicted molar refractivity (Wildman–Crippen MR) is 78.7 cm³/mol. The van der Waals surface area contributed by atoms with E-state index in [4.69, 9.17) is 15.2 Å². The fraction of sp³-hybridized carbons (Fsp3) is 0.533. The molecule has 0 aliphatic carbocycles. The number of nitrogens with zero attached hydrogens (tertiary/aromatic N) is 1. The molecule has 1 aromatic rings. The van der Waals surface area contributed by atoms with Gasteiger partial charge in [0.15, 0.2) is 0 Å². The highest BCUT2D eigenvalue weighted by atomic mass is 16.5. The van der Waals surface area contributed by atoms with E-state index in [0.29, 0.717) is 13.0 Å². The summed E-state index contributed by atoms with van der Waals surface area (Å²) in [5.41, 5.74) is 7.92. The SMILES string of the molecule is CCOC(=O)C(N)Cc1ccc(OC)c(CN(C)C)c1. The van der Waals surface area contributed by atoms with E-state index in [1.807, 2.05) is 32.3 Å². The Bertz CT molecular complexity index is 447. The van der Waals surface area contributed by atoms with E-state index in [2.05, 4.69) is 4.90 Å². The Labute approximate surface area is 120 Å². The average molecular weight is 280 g/mol. The summed E-state index contributed by atoms with van der Waals surface area (Å²) in [7, 11) is 5.64. The summed E-state index contributed by atoms with van der Waals surface area (Å²) in [6.45, 7) is 2.89. The molecule has 0 spiro atoms. The molecule has 2 N–H and O–H groups in total. The Kier molecular flexibility index (Phi) is 6.48. The lowest BCUT2D eigenvalue weighted by Crippen LogP contribution is -2.34. The maximum Gasteiger partial charge on any atom is 0.323 e. The largest absolute Gasteiger partial charge is 0.496 e. The lowest BCUT2D eigenvalue weighted by molar-refractivity contribution is -0.144. The van der Waals surface area contributed by atoms with Crippen LogP contribution in [0.5, 0.6) is 5.75 Å². The number of benzene rings is 1. The van der Waals surface area contributed by atoms with Crippen LogP contribution in [0, 0.1) is 0 Å².